The van der Waals surface area contributed by atoms with Crippen molar-refractivity contribution in [2.24, 2.45) is 0 Å². The second-order valence-electron chi connectivity index (χ2n) is 6.93. The molecule has 0 spiro atoms. The second-order valence-corrected chi connectivity index (χ2v) is 7.37. The summed E-state index contributed by atoms with van der Waals surface area (Å²) in [6, 6.07) is 14.9. The van der Waals surface area contributed by atoms with Crippen molar-refractivity contribution >= 4 is 23.2 Å². The quantitative estimate of drug-likeness (QED) is 0.440. The lowest BCUT2D eigenvalue weighted by atomic mass is 10.2. The highest BCUT2D eigenvalue weighted by Crippen LogP contribution is 2.29. The van der Waals surface area contributed by atoms with Gasteiger partial charge in [-0.3, -0.25) is 9.59 Å². The number of methoxy groups -OCH3 is 2. The summed E-state index contributed by atoms with van der Waals surface area (Å²) in [6.45, 7) is -0.209. The molecule has 0 radical (unpaired) electrons. The van der Waals surface area contributed by atoms with Gasteiger partial charge in [-0.25, -0.2) is 0 Å². The van der Waals surface area contributed by atoms with Crippen molar-refractivity contribution < 1.29 is 18.8 Å². The van der Waals surface area contributed by atoms with E-state index >= 15 is 0 Å². The molecule has 2 aromatic carbocycles. The molecule has 0 atom stereocenters. The zero-order valence-corrected chi connectivity index (χ0v) is 18.5. The molecule has 2 heterocycles. The van der Waals surface area contributed by atoms with Crippen LogP contribution < -0.4 is 20.3 Å². The predicted octanol–water partition coefficient (Wildman–Crippen LogP) is 3.87. The maximum absolute atomic E-state index is 12.5. The molecule has 0 bridgehead atoms. The molecule has 168 valence electrons. The van der Waals surface area contributed by atoms with E-state index in [2.05, 4.69) is 15.5 Å². The Morgan fingerprint density at radius 1 is 1.03 bits per heavy atom. The van der Waals surface area contributed by atoms with Crippen LogP contribution in [0.2, 0.25) is 5.02 Å². The number of anilines is 1. The number of aromatic nitrogens is 3. The number of carbonyl (C=O) groups excluding carboxylic acids is 1. The van der Waals surface area contributed by atoms with Crippen molar-refractivity contribution in [3.8, 4) is 34.3 Å². The van der Waals surface area contributed by atoms with E-state index < -0.39 is 5.91 Å². The van der Waals surface area contributed by atoms with Crippen LogP contribution in [0.4, 0.5) is 5.69 Å². The lowest BCUT2D eigenvalue weighted by Crippen LogP contribution is -2.26. The second kappa shape index (κ2) is 9.58. The Balaban J connectivity index is 1.51. The van der Waals surface area contributed by atoms with Gasteiger partial charge in [0.25, 0.3) is 11.4 Å². The van der Waals surface area contributed by atoms with Crippen LogP contribution in [0.15, 0.2) is 70.1 Å². The fourth-order valence-electron chi connectivity index (χ4n) is 3.11. The van der Waals surface area contributed by atoms with Gasteiger partial charge in [0, 0.05) is 34.6 Å². The summed E-state index contributed by atoms with van der Waals surface area (Å²) < 4.78 is 17.0. The largest absolute Gasteiger partial charge is 0.493 e. The molecule has 1 N–H and O–H groups in total. The Kier molecular flexibility index (Phi) is 6.41. The number of nitrogens with zero attached hydrogens (tertiary/aromatic N) is 3. The zero-order valence-electron chi connectivity index (χ0n) is 17.7. The summed E-state index contributed by atoms with van der Waals surface area (Å²) >= 11 is 5.91. The van der Waals surface area contributed by atoms with E-state index in [1.807, 2.05) is 0 Å². The van der Waals surface area contributed by atoms with Gasteiger partial charge in [-0.1, -0.05) is 16.8 Å². The van der Waals surface area contributed by atoms with E-state index in [-0.39, 0.29) is 18.0 Å². The molecule has 4 rings (SSSR count). The predicted molar refractivity (Wildman–Crippen MR) is 123 cm³/mol. The third-order valence-corrected chi connectivity index (χ3v) is 4.99. The number of carbonyl (C=O) groups is 1. The first kappa shape index (κ1) is 22.1. The number of hydrogen-bond donors (Lipinski definition) is 1. The van der Waals surface area contributed by atoms with Crippen LogP contribution in [0, 0.1) is 0 Å². The fraction of sp³-hybridized carbons (Fsp3) is 0.130. The highest BCUT2D eigenvalue weighted by atomic mass is 35.5. The van der Waals surface area contributed by atoms with Crippen LogP contribution in [-0.4, -0.2) is 34.8 Å². The number of rotatable bonds is 7. The molecule has 0 aliphatic rings. The SMILES string of the molecule is COc1ccc(NC(=O)Cn2cc(-c3nc(-c4ccc(Cl)cc4)no3)ccc2=O)cc1OC. The number of ether oxygens (including phenoxy) is 2. The highest BCUT2D eigenvalue weighted by Gasteiger charge is 2.14. The summed E-state index contributed by atoms with van der Waals surface area (Å²) in [5.41, 5.74) is 1.39. The maximum atomic E-state index is 12.5. The van der Waals surface area contributed by atoms with E-state index in [0.29, 0.717) is 33.6 Å². The minimum absolute atomic E-state index is 0.209. The van der Waals surface area contributed by atoms with E-state index in [9.17, 15) is 9.59 Å². The summed E-state index contributed by atoms with van der Waals surface area (Å²) in [6.07, 6.45) is 1.50. The molecule has 0 aliphatic carbocycles. The molecular weight excluding hydrogens is 448 g/mol. The first-order chi connectivity index (χ1) is 16.0. The zero-order chi connectivity index (χ0) is 23.4. The monoisotopic (exact) mass is 466 g/mol. The van der Waals surface area contributed by atoms with E-state index in [4.69, 9.17) is 25.6 Å². The Labute approximate surface area is 193 Å². The first-order valence-corrected chi connectivity index (χ1v) is 10.2. The third-order valence-electron chi connectivity index (χ3n) is 4.74. The van der Waals surface area contributed by atoms with Gasteiger partial charge < -0.3 is 23.9 Å². The molecule has 0 fully saturated rings. The fourth-order valence-corrected chi connectivity index (χ4v) is 3.23. The Bertz CT molecular complexity index is 1350. The van der Waals surface area contributed by atoms with Crippen LogP contribution in [0.1, 0.15) is 0 Å². The number of amides is 1. The minimum atomic E-state index is -0.395. The normalized spacial score (nSPS) is 10.6. The van der Waals surface area contributed by atoms with Gasteiger partial charge in [-0.2, -0.15) is 4.98 Å². The molecule has 1 amide bonds. The summed E-state index contributed by atoms with van der Waals surface area (Å²) in [7, 11) is 3.03. The van der Waals surface area contributed by atoms with Gasteiger partial charge in [-0.15, -0.1) is 0 Å². The van der Waals surface area contributed by atoms with Crippen molar-refractivity contribution in [1.29, 1.82) is 0 Å². The van der Waals surface area contributed by atoms with E-state index in [0.717, 1.165) is 5.56 Å². The van der Waals surface area contributed by atoms with Gasteiger partial charge >= 0.3 is 0 Å². The first-order valence-electron chi connectivity index (χ1n) is 9.79. The standard InChI is InChI=1S/C23H19ClN4O5/c1-31-18-9-8-17(11-19(18)32-2)25-20(29)13-28-12-15(5-10-21(28)30)23-26-22(27-33-23)14-3-6-16(24)7-4-14/h3-12H,13H2,1-2H3,(H,25,29). The number of pyridine rings is 1. The van der Waals surface area contributed by atoms with Crippen LogP contribution in [-0.2, 0) is 11.3 Å². The van der Waals surface area contributed by atoms with Crippen molar-refractivity contribution in [3.63, 3.8) is 0 Å². The molecule has 0 saturated heterocycles. The molecule has 0 aliphatic heterocycles. The third kappa shape index (κ3) is 5.04. The topological polar surface area (TPSA) is 108 Å². The average molecular weight is 467 g/mol. The molecule has 0 saturated carbocycles. The lowest BCUT2D eigenvalue weighted by Gasteiger charge is -2.11. The van der Waals surface area contributed by atoms with E-state index in [1.165, 1.54) is 31.0 Å². The van der Waals surface area contributed by atoms with Crippen LogP contribution >= 0.6 is 11.6 Å². The minimum Gasteiger partial charge on any atom is -0.493 e. The van der Waals surface area contributed by atoms with Crippen molar-refractivity contribution in [2.45, 2.75) is 6.54 Å². The van der Waals surface area contributed by atoms with Crippen molar-refractivity contribution in [3.05, 3.63) is 76.2 Å². The summed E-state index contributed by atoms with van der Waals surface area (Å²) in [5.74, 6) is 1.22. The Morgan fingerprint density at radius 3 is 2.48 bits per heavy atom. The van der Waals surface area contributed by atoms with Gasteiger partial charge in [0.2, 0.25) is 11.7 Å². The van der Waals surface area contributed by atoms with Crippen molar-refractivity contribution in [1.82, 2.24) is 14.7 Å². The molecule has 10 heteroatoms. The highest BCUT2D eigenvalue weighted by molar-refractivity contribution is 6.30. The van der Waals surface area contributed by atoms with Crippen LogP contribution in [0.5, 0.6) is 11.5 Å². The van der Waals surface area contributed by atoms with Gasteiger partial charge in [0.15, 0.2) is 11.5 Å². The van der Waals surface area contributed by atoms with Crippen LogP contribution in [0.3, 0.4) is 0 Å². The molecular formula is C23H19ClN4O5. The van der Waals surface area contributed by atoms with E-state index in [1.54, 1.807) is 48.5 Å². The van der Waals surface area contributed by atoms with Gasteiger partial charge in [0.1, 0.15) is 6.54 Å². The van der Waals surface area contributed by atoms with Gasteiger partial charge in [0.05, 0.1) is 19.8 Å². The molecule has 0 unspecified atom stereocenters. The lowest BCUT2D eigenvalue weighted by molar-refractivity contribution is -0.116. The number of hydrogen-bond acceptors (Lipinski definition) is 7. The maximum Gasteiger partial charge on any atom is 0.259 e. The summed E-state index contributed by atoms with van der Waals surface area (Å²) in [5, 5.41) is 7.31. The van der Waals surface area contributed by atoms with Crippen LogP contribution in [0.25, 0.3) is 22.8 Å². The average Bonchev–Trinajstić information content (AvgIpc) is 3.31. The molecule has 4 aromatic rings. The number of nitrogens with one attached hydrogen (secondary N) is 1. The Morgan fingerprint density at radius 2 is 1.76 bits per heavy atom. The molecule has 9 nitrogen and oxygen atoms in total. The number of halogens is 1. The molecule has 33 heavy (non-hydrogen) atoms. The Hall–Kier alpha value is -4.11. The van der Waals surface area contributed by atoms with Gasteiger partial charge in [-0.05, 0) is 42.5 Å². The van der Waals surface area contributed by atoms with Crippen molar-refractivity contribution in [2.75, 3.05) is 19.5 Å². The summed E-state index contributed by atoms with van der Waals surface area (Å²) in [4.78, 5) is 29.2. The number of benzene rings is 2. The smallest absolute Gasteiger partial charge is 0.259 e. The molecule has 2 aromatic heterocycles.